The minimum absolute atomic E-state index is 0.573. The number of H-pyrrole nitrogens is 1. The van der Waals surface area contributed by atoms with Gasteiger partial charge in [-0.2, -0.15) is 5.26 Å². The predicted molar refractivity (Wildman–Crippen MR) is 62.1 cm³/mol. The van der Waals surface area contributed by atoms with E-state index in [1.54, 1.807) is 30.7 Å². The summed E-state index contributed by atoms with van der Waals surface area (Å²) in [6.45, 7) is 0.578. The fourth-order valence-electron chi connectivity index (χ4n) is 1.33. The van der Waals surface area contributed by atoms with E-state index in [4.69, 9.17) is 16.9 Å². The summed E-state index contributed by atoms with van der Waals surface area (Å²) in [5.74, 6) is 0. The molecule has 2 rings (SSSR count). The van der Waals surface area contributed by atoms with Crippen LogP contribution in [0.25, 0.3) is 0 Å². The molecule has 0 unspecified atom stereocenters. The molecule has 0 radical (unpaired) electrons. The Morgan fingerprint density at radius 2 is 2.38 bits per heavy atom. The van der Waals surface area contributed by atoms with Gasteiger partial charge in [-0.3, -0.25) is 0 Å². The molecule has 1 heterocycles. The Bertz CT molecular complexity index is 513. The lowest BCUT2D eigenvalue weighted by Gasteiger charge is -2.07. The lowest BCUT2D eigenvalue weighted by atomic mass is 10.2. The second-order valence-corrected chi connectivity index (χ2v) is 3.67. The van der Waals surface area contributed by atoms with Crippen LogP contribution in [0.15, 0.2) is 30.7 Å². The van der Waals surface area contributed by atoms with Crippen molar-refractivity contribution in [3.63, 3.8) is 0 Å². The van der Waals surface area contributed by atoms with Crippen LogP contribution in [0.4, 0.5) is 5.69 Å². The number of aromatic amines is 1. The molecule has 5 heteroatoms. The highest BCUT2D eigenvalue weighted by atomic mass is 35.5. The van der Waals surface area contributed by atoms with Crippen LogP contribution >= 0.6 is 11.6 Å². The number of anilines is 1. The number of halogens is 1. The van der Waals surface area contributed by atoms with Crippen molar-refractivity contribution in [2.45, 2.75) is 6.54 Å². The molecule has 1 aromatic carbocycles. The molecule has 4 nitrogen and oxygen atoms in total. The number of hydrogen-bond acceptors (Lipinski definition) is 3. The van der Waals surface area contributed by atoms with E-state index in [1.807, 2.05) is 0 Å². The van der Waals surface area contributed by atoms with E-state index in [-0.39, 0.29) is 0 Å². The molecular weight excluding hydrogens is 224 g/mol. The Kier molecular flexibility index (Phi) is 3.08. The molecule has 16 heavy (non-hydrogen) atoms. The number of rotatable bonds is 3. The van der Waals surface area contributed by atoms with Crippen molar-refractivity contribution in [1.29, 1.82) is 5.26 Å². The summed E-state index contributed by atoms with van der Waals surface area (Å²) >= 11 is 5.86. The van der Waals surface area contributed by atoms with Crippen LogP contribution in [0, 0.1) is 11.3 Å². The Morgan fingerprint density at radius 1 is 1.50 bits per heavy atom. The monoisotopic (exact) mass is 232 g/mol. The second-order valence-electron chi connectivity index (χ2n) is 3.23. The molecule has 0 aliphatic rings. The summed E-state index contributed by atoms with van der Waals surface area (Å²) in [6, 6.07) is 7.23. The first-order valence-corrected chi connectivity index (χ1v) is 5.08. The van der Waals surface area contributed by atoms with Gasteiger partial charge in [0.1, 0.15) is 6.07 Å². The SMILES string of the molecule is N#Cc1ccc(Cl)cc1NCc1cnc[nH]1. The predicted octanol–water partition coefficient (Wildman–Crippen LogP) is 2.55. The van der Waals surface area contributed by atoms with Gasteiger partial charge >= 0.3 is 0 Å². The molecule has 1 aromatic heterocycles. The minimum Gasteiger partial charge on any atom is -0.378 e. The minimum atomic E-state index is 0.573. The Labute approximate surface area is 97.9 Å². The van der Waals surface area contributed by atoms with Crippen molar-refractivity contribution in [3.05, 3.63) is 47.0 Å². The molecule has 0 aliphatic carbocycles. The third kappa shape index (κ3) is 2.33. The highest BCUT2D eigenvalue weighted by Gasteiger charge is 2.02. The molecular formula is C11H9ClN4. The lowest BCUT2D eigenvalue weighted by molar-refractivity contribution is 1.07. The molecule has 80 valence electrons. The zero-order valence-corrected chi connectivity index (χ0v) is 9.12. The summed E-state index contributed by atoms with van der Waals surface area (Å²) < 4.78 is 0. The molecule has 0 saturated heterocycles. The van der Waals surface area contributed by atoms with Crippen molar-refractivity contribution < 1.29 is 0 Å². The fourth-order valence-corrected chi connectivity index (χ4v) is 1.50. The topological polar surface area (TPSA) is 64.5 Å². The lowest BCUT2D eigenvalue weighted by Crippen LogP contribution is -2.01. The number of nitrogens with one attached hydrogen (secondary N) is 2. The first-order chi connectivity index (χ1) is 7.79. The summed E-state index contributed by atoms with van der Waals surface area (Å²) in [4.78, 5) is 6.88. The quantitative estimate of drug-likeness (QED) is 0.855. The van der Waals surface area contributed by atoms with Gasteiger partial charge in [-0.25, -0.2) is 4.98 Å². The highest BCUT2D eigenvalue weighted by Crippen LogP contribution is 2.20. The summed E-state index contributed by atoms with van der Waals surface area (Å²) in [5, 5.41) is 12.6. The van der Waals surface area contributed by atoms with Gasteiger partial charge in [0.25, 0.3) is 0 Å². The first kappa shape index (κ1) is 10.5. The summed E-state index contributed by atoms with van der Waals surface area (Å²) in [7, 11) is 0. The number of hydrogen-bond donors (Lipinski definition) is 2. The van der Waals surface area contributed by atoms with Crippen LogP contribution in [-0.2, 0) is 6.54 Å². The average Bonchev–Trinajstić information content (AvgIpc) is 2.79. The molecule has 0 aliphatic heterocycles. The van der Waals surface area contributed by atoms with Crippen LogP contribution in [-0.4, -0.2) is 9.97 Å². The van der Waals surface area contributed by atoms with E-state index in [1.165, 1.54) is 0 Å². The van der Waals surface area contributed by atoms with Gasteiger partial charge in [0.2, 0.25) is 0 Å². The molecule has 0 spiro atoms. The normalized spacial score (nSPS) is 9.75. The van der Waals surface area contributed by atoms with Crippen molar-refractivity contribution in [2.75, 3.05) is 5.32 Å². The third-order valence-corrected chi connectivity index (χ3v) is 2.36. The van der Waals surface area contributed by atoms with Crippen LogP contribution in [0.5, 0.6) is 0 Å². The van der Waals surface area contributed by atoms with Gasteiger partial charge in [-0.15, -0.1) is 0 Å². The fraction of sp³-hybridized carbons (Fsp3) is 0.0909. The van der Waals surface area contributed by atoms with Crippen molar-refractivity contribution >= 4 is 17.3 Å². The van der Waals surface area contributed by atoms with E-state index in [0.29, 0.717) is 17.1 Å². The smallest absolute Gasteiger partial charge is 0.101 e. The Morgan fingerprint density at radius 3 is 3.06 bits per heavy atom. The van der Waals surface area contributed by atoms with Crippen molar-refractivity contribution in [2.24, 2.45) is 0 Å². The maximum Gasteiger partial charge on any atom is 0.101 e. The second kappa shape index (κ2) is 4.69. The number of imidazole rings is 1. The van der Waals surface area contributed by atoms with E-state index >= 15 is 0 Å². The van der Waals surface area contributed by atoms with Crippen LogP contribution in [0.3, 0.4) is 0 Å². The van der Waals surface area contributed by atoms with Crippen molar-refractivity contribution in [1.82, 2.24) is 9.97 Å². The van der Waals surface area contributed by atoms with Crippen molar-refractivity contribution in [3.8, 4) is 6.07 Å². The molecule has 0 atom stereocenters. The zero-order chi connectivity index (χ0) is 11.4. The average molecular weight is 233 g/mol. The van der Waals surface area contributed by atoms with Gasteiger partial charge in [-0.05, 0) is 18.2 Å². The van der Waals surface area contributed by atoms with Crippen LogP contribution in [0.2, 0.25) is 5.02 Å². The molecule has 2 N–H and O–H groups in total. The van der Waals surface area contributed by atoms with Gasteiger partial charge in [0.15, 0.2) is 0 Å². The summed E-state index contributed by atoms with van der Waals surface area (Å²) in [6.07, 6.45) is 3.34. The van der Waals surface area contributed by atoms with E-state index in [2.05, 4.69) is 21.4 Å². The largest absolute Gasteiger partial charge is 0.378 e. The first-order valence-electron chi connectivity index (χ1n) is 4.70. The Hall–Kier alpha value is -1.99. The maximum absolute atomic E-state index is 8.91. The summed E-state index contributed by atoms with van der Waals surface area (Å²) in [5.41, 5.74) is 2.25. The third-order valence-electron chi connectivity index (χ3n) is 2.13. The number of nitriles is 1. The number of benzene rings is 1. The van der Waals surface area contributed by atoms with E-state index in [0.717, 1.165) is 11.4 Å². The van der Waals surface area contributed by atoms with E-state index < -0.39 is 0 Å². The van der Waals surface area contributed by atoms with E-state index in [9.17, 15) is 0 Å². The van der Waals surface area contributed by atoms with Crippen LogP contribution < -0.4 is 5.32 Å². The van der Waals surface area contributed by atoms with Crippen LogP contribution in [0.1, 0.15) is 11.3 Å². The molecule has 0 amide bonds. The molecule has 0 fully saturated rings. The zero-order valence-electron chi connectivity index (χ0n) is 8.37. The maximum atomic E-state index is 8.91. The van der Waals surface area contributed by atoms with Gasteiger partial charge in [-0.1, -0.05) is 11.6 Å². The van der Waals surface area contributed by atoms with Gasteiger partial charge < -0.3 is 10.3 Å². The molecule has 2 aromatic rings. The standard InChI is InChI=1S/C11H9ClN4/c12-9-2-1-8(4-13)11(3-9)15-6-10-5-14-7-16-10/h1-3,5,7,15H,6H2,(H,14,16). The molecule has 0 saturated carbocycles. The van der Waals surface area contributed by atoms with Gasteiger partial charge in [0.05, 0.1) is 29.8 Å². The highest BCUT2D eigenvalue weighted by molar-refractivity contribution is 6.30. The molecule has 0 bridgehead atoms. The number of nitrogens with zero attached hydrogens (tertiary/aromatic N) is 2. The Balaban J connectivity index is 2.15. The van der Waals surface area contributed by atoms with Gasteiger partial charge in [0, 0.05) is 11.2 Å². The number of aromatic nitrogens is 2.